The second kappa shape index (κ2) is 12.1. The molecule has 0 aliphatic heterocycles. The molecule has 0 fully saturated rings. The zero-order valence-corrected chi connectivity index (χ0v) is 19.0. The first-order valence-electron chi connectivity index (χ1n) is 9.85. The third-order valence-electron chi connectivity index (χ3n) is 5.16. The van der Waals surface area contributed by atoms with E-state index in [-0.39, 0.29) is 34.8 Å². The van der Waals surface area contributed by atoms with Crippen LogP contribution in [-0.2, 0) is 19.2 Å². The molecule has 28 heavy (non-hydrogen) atoms. The molecule has 0 spiro atoms. The van der Waals surface area contributed by atoms with Crippen LogP contribution in [0.5, 0.6) is 0 Å². The Hall–Kier alpha value is -1.57. The highest BCUT2D eigenvalue weighted by Gasteiger charge is 2.28. The summed E-state index contributed by atoms with van der Waals surface area (Å²) in [6.07, 6.45) is 3.08. The van der Waals surface area contributed by atoms with Crippen LogP contribution in [0.1, 0.15) is 66.7 Å². The maximum atomic E-state index is 12.3. The molecule has 4 amide bonds. The molecule has 0 heterocycles. The number of nitrogens with zero attached hydrogens (tertiary/aromatic N) is 2. The summed E-state index contributed by atoms with van der Waals surface area (Å²) in [5, 5.41) is 0. The maximum absolute atomic E-state index is 12.3. The minimum Gasteiger partial charge on any atom is -0.368 e. The van der Waals surface area contributed by atoms with Gasteiger partial charge in [0.25, 0.3) is 0 Å². The largest absolute Gasteiger partial charge is 0.368 e. The van der Waals surface area contributed by atoms with Crippen molar-refractivity contribution in [2.45, 2.75) is 77.5 Å². The second-order valence-corrected chi connectivity index (χ2v) is 9.51. The Morgan fingerprint density at radius 2 is 1.64 bits per heavy atom. The molecule has 7 nitrogen and oxygen atoms in total. The summed E-state index contributed by atoms with van der Waals surface area (Å²) in [4.78, 5) is 49.9. The number of amides is 4. The summed E-state index contributed by atoms with van der Waals surface area (Å²) in [5.41, 5.74) is 5.38. The first kappa shape index (κ1) is 26.4. The van der Waals surface area contributed by atoms with E-state index in [4.69, 9.17) is 5.73 Å². The Morgan fingerprint density at radius 3 is 2.07 bits per heavy atom. The number of nitrogens with two attached hydrogens (primary N) is 1. The highest BCUT2D eigenvalue weighted by atomic mass is 32.1. The van der Waals surface area contributed by atoms with Gasteiger partial charge in [-0.1, -0.05) is 41.0 Å². The van der Waals surface area contributed by atoms with Gasteiger partial charge >= 0.3 is 0 Å². The van der Waals surface area contributed by atoms with Gasteiger partial charge in [0.05, 0.1) is 0 Å². The van der Waals surface area contributed by atoms with Crippen LogP contribution >= 0.6 is 12.6 Å². The van der Waals surface area contributed by atoms with Gasteiger partial charge in [-0.25, -0.2) is 0 Å². The number of imide groups is 1. The van der Waals surface area contributed by atoms with Crippen LogP contribution in [0, 0.1) is 11.8 Å². The zero-order chi connectivity index (χ0) is 22.1. The van der Waals surface area contributed by atoms with Crippen molar-refractivity contribution < 1.29 is 19.2 Å². The Labute approximate surface area is 174 Å². The number of likely N-dealkylation sites (N-methyl/N-ethyl adjacent to an activating group) is 1. The van der Waals surface area contributed by atoms with Crippen molar-refractivity contribution in [1.29, 1.82) is 0 Å². The number of thiol groups is 1. The standard InChI is InChI=1S/C20H37N3O4S/c1-14(2)18(19(21)27)22(6)16(25)10-8-7-9-11-23(13-24)17(26)12-15(3)20(4,5)28/h13-15,18,28H,7-12H2,1-6H3,(H2,21,27). The van der Waals surface area contributed by atoms with Crippen LogP contribution in [0.15, 0.2) is 0 Å². The highest BCUT2D eigenvalue weighted by Crippen LogP contribution is 2.26. The highest BCUT2D eigenvalue weighted by molar-refractivity contribution is 7.81. The summed E-state index contributed by atoms with van der Waals surface area (Å²) >= 11 is 4.47. The maximum Gasteiger partial charge on any atom is 0.240 e. The number of carbonyl (C=O) groups excluding carboxylic acids is 4. The SMILES string of the molecule is CC(C)C(C(N)=O)N(C)C(=O)CCCCCN(C=O)C(=O)CC(C)C(C)(C)S. The molecule has 0 aromatic heterocycles. The third-order valence-corrected chi connectivity index (χ3v) is 5.60. The van der Waals surface area contributed by atoms with Gasteiger partial charge in [0.15, 0.2) is 0 Å². The molecule has 0 aliphatic carbocycles. The molecule has 0 aromatic rings. The lowest BCUT2D eigenvalue weighted by Crippen LogP contribution is -2.48. The Balaban J connectivity index is 4.36. The number of hydrogen-bond acceptors (Lipinski definition) is 5. The second-order valence-electron chi connectivity index (χ2n) is 8.36. The fourth-order valence-corrected chi connectivity index (χ4v) is 2.99. The normalized spacial score (nSPS) is 13.7. The van der Waals surface area contributed by atoms with Gasteiger partial charge in [-0.3, -0.25) is 24.1 Å². The lowest BCUT2D eigenvalue weighted by Gasteiger charge is -2.28. The van der Waals surface area contributed by atoms with Gasteiger partial charge in [0, 0.05) is 31.2 Å². The monoisotopic (exact) mass is 415 g/mol. The van der Waals surface area contributed by atoms with Crippen LogP contribution in [0.25, 0.3) is 0 Å². The molecular formula is C20H37N3O4S. The molecule has 8 heteroatoms. The molecule has 0 bridgehead atoms. The average molecular weight is 416 g/mol. The van der Waals surface area contributed by atoms with E-state index in [1.165, 1.54) is 9.80 Å². The number of carbonyl (C=O) groups is 4. The fraction of sp³-hybridized carbons (Fsp3) is 0.800. The van der Waals surface area contributed by atoms with Gasteiger partial charge < -0.3 is 10.6 Å². The topological polar surface area (TPSA) is 101 Å². The molecule has 2 N–H and O–H groups in total. The van der Waals surface area contributed by atoms with E-state index in [1.54, 1.807) is 7.05 Å². The summed E-state index contributed by atoms with van der Waals surface area (Å²) in [5.74, 6) is -0.863. The van der Waals surface area contributed by atoms with Gasteiger partial charge in [0.2, 0.25) is 24.1 Å². The van der Waals surface area contributed by atoms with E-state index in [1.807, 2.05) is 34.6 Å². The molecule has 0 radical (unpaired) electrons. The molecular weight excluding hydrogens is 378 g/mol. The predicted octanol–water partition coefficient (Wildman–Crippen LogP) is 2.23. The molecule has 0 rings (SSSR count). The van der Waals surface area contributed by atoms with Gasteiger partial charge in [0.1, 0.15) is 6.04 Å². The Kier molecular flexibility index (Phi) is 11.4. The summed E-state index contributed by atoms with van der Waals surface area (Å²) < 4.78 is -0.296. The lowest BCUT2D eigenvalue weighted by atomic mass is 9.93. The third kappa shape index (κ3) is 9.08. The van der Waals surface area contributed by atoms with E-state index in [0.29, 0.717) is 38.6 Å². The van der Waals surface area contributed by atoms with E-state index in [2.05, 4.69) is 12.6 Å². The van der Waals surface area contributed by atoms with Crippen molar-refractivity contribution in [3.05, 3.63) is 0 Å². The van der Waals surface area contributed by atoms with Gasteiger partial charge in [-0.15, -0.1) is 0 Å². The van der Waals surface area contributed by atoms with Crippen LogP contribution in [-0.4, -0.2) is 58.3 Å². The van der Waals surface area contributed by atoms with E-state index >= 15 is 0 Å². The molecule has 2 atom stereocenters. The molecule has 0 saturated heterocycles. The molecule has 0 aliphatic rings. The number of primary amides is 1. The lowest BCUT2D eigenvalue weighted by molar-refractivity contribution is -0.139. The van der Waals surface area contributed by atoms with Crippen molar-refractivity contribution in [1.82, 2.24) is 9.80 Å². The van der Waals surface area contributed by atoms with Crippen molar-refractivity contribution in [3.8, 4) is 0 Å². The Morgan fingerprint density at radius 1 is 1.07 bits per heavy atom. The van der Waals surface area contributed by atoms with Gasteiger partial charge in [-0.2, -0.15) is 12.6 Å². The number of unbranched alkanes of at least 4 members (excludes halogenated alkanes) is 2. The first-order chi connectivity index (χ1) is 12.8. The summed E-state index contributed by atoms with van der Waals surface area (Å²) in [6.45, 7) is 9.85. The summed E-state index contributed by atoms with van der Waals surface area (Å²) in [7, 11) is 1.59. The van der Waals surface area contributed by atoms with Crippen LogP contribution in [0.3, 0.4) is 0 Å². The Bertz CT molecular complexity index is 546. The minimum atomic E-state index is -0.617. The molecule has 2 unspecified atom stereocenters. The van der Waals surface area contributed by atoms with Crippen molar-refractivity contribution in [2.24, 2.45) is 17.6 Å². The van der Waals surface area contributed by atoms with Crippen LogP contribution in [0.2, 0.25) is 0 Å². The van der Waals surface area contributed by atoms with Crippen molar-refractivity contribution in [2.75, 3.05) is 13.6 Å². The molecule has 162 valence electrons. The predicted molar refractivity (Wildman–Crippen MR) is 114 cm³/mol. The first-order valence-corrected chi connectivity index (χ1v) is 10.3. The van der Waals surface area contributed by atoms with E-state index < -0.39 is 11.9 Å². The van der Waals surface area contributed by atoms with E-state index in [0.717, 1.165) is 0 Å². The molecule has 0 saturated carbocycles. The van der Waals surface area contributed by atoms with Gasteiger partial charge in [-0.05, 0) is 24.7 Å². The van der Waals surface area contributed by atoms with Crippen LogP contribution < -0.4 is 5.73 Å². The quantitative estimate of drug-likeness (QED) is 0.274. The number of hydrogen-bond donors (Lipinski definition) is 2. The van der Waals surface area contributed by atoms with Crippen molar-refractivity contribution >= 4 is 36.8 Å². The average Bonchev–Trinajstić information content (AvgIpc) is 2.55. The number of rotatable bonds is 13. The van der Waals surface area contributed by atoms with Crippen LogP contribution in [0.4, 0.5) is 0 Å². The fourth-order valence-electron chi connectivity index (χ4n) is 2.90. The molecule has 0 aromatic carbocycles. The summed E-state index contributed by atoms with van der Waals surface area (Å²) in [6, 6.07) is -0.617. The smallest absolute Gasteiger partial charge is 0.240 e. The zero-order valence-electron chi connectivity index (χ0n) is 18.1. The minimum absolute atomic E-state index is 0.0399. The van der Waals surface area contributed by atoms with Crippen molar-refractivity contribution in [3.63, 3.8) is 0 Å². The van der Waals surface area contributed by atoms with E-state index in [9.17, 15) is 19.2 Å².